The molecule has 1 aliphatic carbocycles. The van der Waals surface area contributed by atoms with E-state index in [1.54, 1.807) is 0 Å². The lowest BCUT2D eigenvalue weighted by molar-refractivity contribution is -0.00898. The molecule has 0 saturated heterocycles. The molecule has 0 aromatic carbocycles. The quantitative estimate of drug-likeness (QED) is 0.862. The Bertz CT molecular complexity index is 408. The largest absolute Gasteiger partial charge is 0.371 e. The van der Waals surface area contributed by atoms with Gasteiger partial charge in [0.25, 0.3) is 0 Å². The summed E-state index contributed by atoms with van der Waals surface area (Å²) in [5, 5.41) is 4.62. The Morgan fingerprint density at radius 1 is 1.37 bits per heavy atom. The molecule has 19 heavy (non-hydrogen) atoms. The smallest absolute Gasteiger partial charge is 0.125 e. The number of nitrogens with zero attached hydrogens (tertiary/aromatic N) is 1. The summed E-state index contributed by atoms with van der Waals surface area (Å²) in [6.45, 7) is 8.52. The molecule has 2 rings (SSSR count). The van der Waals surface area contributed by atoms with Gasteiger partial charge < -0.3 is 10.1 Å². The molecule has 0 atom stereocenters. The average molecular weight is 282 g/mol. The predicted octanol–water partition coefficient (Wildman–Crippen LogP) is 3.79. The fourth-order valence-electron chi connectivity index (χ4n) is 2.83. The molecule has 1 aromatic rings. The molecule has 0 bridgehead atoms. The van der Waals surface area contributed by atoms with Crippen molar-refractivity contribution >= 4 is 11.3 Å². The number of nitrogens with one attached hydrogen (secondary N) is 1. The van der Waals surface area contributed by atoms with Crippen LogP contribution in [-0.4, -0.2) is 18.6 Å². The van der Waals surface area contributed by atoms with Gasteiger partial charge in [0, 0.05) is 18.5 Å². The van der Waals surface area contributed by atoms with Crippen LogP contribution in [-0.2, 0) is 16.9 Å². The minimum Gasteiger partial charge on any atom is -0.371 e. The molecule has 3 nitrogen and oxygen atoms in total. The van der Waals surface area contributed by atoms with Crippen LogP contribution in [0.4, 0.5) is 0 Å². The first-order valence-electron chi connectivity index (χ1n) is 7.39. The van der Waals surface area contributed by atoms with Gasteiger partial charge in [-0.05, 0) is 25.3 Å². The van der Waals surface area contributed by atoms with E-state index in [-0.39, 0.29) is 5.60 Å². The van der Waals surface area contributed by atoms with Crippen LogP contribution in [0.25, 0.3) is 0 Å². The Labute approximate surface area is 120 Å². The lowest BCUT2D eigenvalue weighted by Crippen LogP contribution is -2.24. The second-order valence-electron chi connectivity index (χ2n) is 5.67. The predicted molar refractivity (Wildman–Crippen MR) is 80.7 cm³/mol. The van der Waals surface area contributed by atoms with Crippen molar-refractivity contribution in [2.75, 3.05) is 13.7 Å². The SMILES string of the molecule is CCNCc1sc(C2(OC)CCCC2)nc1C(C)C. The standard InChI is InChI=1S/C15H26N2OS/c1-5-16-10-12-13(11(2)3)17-14(19-12)15(18-4)8-6-7-9-15/h11,16H,5-10H2,1-4H3. The molecule has 1 N–H and O–H groups in total. The Hall–Kier alpha value is -0.450. The van der Waals surface area contributed by atoms with E-state index in [0.29, 0.717) is 5.92 Å². The fraction of sp³-hybridized carbons (Fsp3) is 0.800. The van der Waals surface area contributed by atoms with Crippen LogP contribution in [0.1, 0.15) is 68.0 Å². The second kappa shape index (κ2) is 6.33. The number of hydrogen-bond acceptors (Lipinski definition) is 4. The molecule has 0 amide bonds. The minimum absolute atomic E-state index is 0.0984. The van der Waals surface area contributed by atoms with Gasteiger partial charge in [-0.3, -0.25) is 0 Å². The number of aromatic nitrogens is 1. The first kappa shape index (κ1) is 14.9. The molecular weight excluding hydrogens is 256 g/mol. The summed E-state index contributed by atoms with van der Waals surface area (Å²) < 4.78 is 5.86. The summed E-state index contributed by atoms with van der Waals surface area (Å²) >= 11 is 1.85. The highest BCUT2D eigenvalue weighted by Gasteiger charge is 2.39. The first-order chi connectivity index (χ1) is 9.13. The summed E-state index contributed by atoms with van der Waals surface area (Å²) in [4.78, 5) is 6.33. The van der Waals surface area contributed by atoms with Gasteiger partial charge in [-0.15, -0.1) is 11.3 Å². The van der Waals surface area contributed by atoms with Crippen LogP contribution >= 0.6 is 11.3 Å². The molecule has 1 fully saturated rings. The molecule has 108 valence electrons. The molecule has 0 unspecified atom stereocenters. The van der Waals surface area contributed by atoms with Crippen molar-refractivity contribution in [3.05, 3.63) is 15.6 Å². The summed E-state index contributed by atoms with van der Waals surface area (Å²) in [5.41, 5.74) is 1.16. The van der Waals surface area contributed by atoms with E-state index >= 15 is 0 Å². The summed E-state index contributed by atoms with van der Waals surface area (Å²) in [7, 11) is 1.84. The van der Waals surface area contributed by atoms with E-state index in [1.165, 1.54) is 28.4 Å². The van der Waals surface area contributed by atoms with E-state index < -0.39 is 0 Å². The van der Waals surface area contributed by atoms with Gasteiger partial charge in [-0.2, -0.15) is 0 Å². The Kier molecular flexibility index (Phi) is 4.98. The molecular formula is C15H26N2OS. The van der Waals surface area contributed by atoms with Crippen molar-refractivity contribution in [1.29, 1.82) is 0 Å². The number of methoxy groups -OCH3 is 1. The zero-order valence-corrected chi connectivity index (χ0v) is 13.4. The summed E-state index contributed by atoms with van der Waals surface area (Å²) in [6, 6.07) is 0. The number of rotatable bonds is 6. The number of thiazole rings is 1. The maximum Gasteiger partial charge on any atom is 0.125 e. The molecule has 1 aromatic heterocycles. The first-order valence-corrected chi connectivity index (χ1v) is 8.20. The van der Waals surface area contributed by atoms with Gasteiger partial charge in [0.1, 0.15) is 10.6 Å². The van der Waals surface area contributed by atoms with Crippen LogP contribution in [0.15, 0.2) is 0 Å². The Balaban J connectivity index is 2.30. The topological polar surface area (TPSA) is 34.1 Å². The summed E-state index contributed by atoms with van der Waals surface area (Å²) in [5.74, 6) is 0.481. The fourth-order valence-corrected chi connectivity index (χ4v) is 4.24. The highest BCUT2D eigenvalue weighted by atomic mass is 32.1. The van der Waals surface area contributed by atoms with Gasteiger partial charge in [-0.25, -0.2) is 4.98 Å². The normalized spacial score (nSPS) is 18.4. The van der Waals surface area contributed by atoms with E-state index in [0.717, 1.165) is 25.9 Å². The van der Waals surface area contributed by atoms with Gasteiger partial charge in [0.15, 0.2) is 0 Å². The molecule has 1 saturated carbocycles. The third-order valence-electron chi connectivity index (χ3n) is 4.00. The van der Waals surface area contributed by atoms with Crippen LogP contribution in [0.5, 0.6) is 0 Å². The zero-order chi connectivity index (χ0) is 13.9. The lowest BCUT2D eigenvalue weighted by Gasteiger charge is -2.24. The third-order valence-corrected chi connectivity index (χ3v) is 5.26. The zero-order valence-electron chi connectivity index (χ0n) is 12.6. The van der Waals surface area contributed by atoms with Crippen molar-refractivity contribution in [3.63, 3.8) is 0 Å². The number of ether oxygens (including phenoxy) is 1. The molecule has 0 aliphatic heterocycles. The Morgan fingerprint density at radius 2 is 2.05 bits per heavy atom. The van der Waals surface area contributed by atoms with Gasteiger partial charge in [0.2, 0.25) is 0 Å². The maximum absolute atomic E-state index is 5.86. The van der Waals surface area contributed by atoms with Crippen molar-refractivity contribution in [1.82, 2.24) is 10.3 Å². The van der Waals surface area contributed by atoms with Gasteiger partial charge in [-0.1, -0.05) is 33.6 Å². The van der Waals surface area contributed by atoms with Crippen molar-refractivity contribution in [2.45, 2.75) is 64.5 Å². The molecule has 4 heteroatoms. The Morgan fingerprint density at radius 3 is 2.58 bits per heavy atom. The van der Waals surface area contributed by atoms with Crippen LogP contribution in [0, 0.1) is 0 Å². The van der Waals surface area contributed by atoms with Crippen LogP contribution < -0.4 is 5.32 Å². The second-order valence-corrected chi connectivity index (χ2v) is 6.75. The van der Waals surface area contributed by atoms with Crippen molar-refractivity contribution < 1.29 is 4.74 Å². The molecule has 0 spiro atoms. The molecule has 1 aliphatic rings. The highest BCUT2D eigenvalue weighted by Crippen LogP contribution is 2.44. The van der Waals surface area contributed by atoms with Crippen molar-refractivity contribution in [2.24, 2.45) is 0 Å². The van der Waals surface area contributed by atoms with E-state index in [1.807, 2.05) is 18.4 Å². The highest BCUT2D eigenvalue weighted by molar-refractivity contribution is 7.11. The molecule has 1 heterocycles. The van der Waals surface area contributed by atoms with Crippen LogP contribution in [0.3, 0.4) is 0 Å². The van der Waals surface area contributed by atoms with Crippen LogP contribution in [0.2, 0.25) is 0 Å². The average Bonchev–Trinajstić information content (AvgIpc) is 3.03. The van der Waals surface area contributed by atoms with Gasteiger partial charge in [0.05, 0.1) is 5.69 Å². The van der Waals surface area contributed by atoms with E-state index in [9.17, 15) is 0 Å². The summed E-state index contributed by atoms with van der Waals surface area (Å²) in [6.07, 6.45) is 4.75. The van der Waals surface area contributed by atoms with E-state index in [4.69, 9.17) is 9.72 Å². The van der Waals surface area contributed by atoms with E-state index in [2.05, 4.69) is 26.1 Å². The number of hydrogen-bond donors (Lipinski definition) is 1. The lowest BCUT2D eigenvalue weighted by atomic mass is 10.0. The monoisotopic (exact) mass is 282 g/mol. The molecule has 0 radical (unpaired) electrons. The minimum atomic E-state index is -0.0984. The van der Waals surface area contributed by atoms with Crippen molar-refractivity contribution in [3.8, 4) is 0 Å². The third kappa shape index (κ3) is 3.01. The maximum atomic E-state index is 5.86. The van der Waals surface area contributed by atoms with Gasteiger partial charge >= 0.3 is 0 Å².